The van der Waals surface area contributed by atoms with Crippen LogP contribution in [-0.4, -0.2) is 11.4 Å². The number of carbonyl (C=O) groups excluding carboxylic acids is 1. The number of fused-ring (bicyclic) bond motifs is 1. The monoisotopic (exact) mass is 378 g/mol. The largest absolute Gasteiger partial charge is 0.487 e. The highest BCUT2D eigenvalue weighted by molar-refractivity contribution is 14.1. The third-order valence-corrected chi connectivity index (χ3v) is 4.38. The second kappa shape index (κ2) is 4.88. The van der Waals surface area contributed by atoms with E-state index in [1.807, 2.05) is 42.5 Å². The van der Waals surface area contributed by atoms with E-state index in [1.54, 1.807) is 0 Å². The zero-order chi connectivity index (χ0) is 14.3. The van der Waals surface area contributed by atoms with E-state index in [9.17, 15) is 4.79 Å². The summed E-state index contributed by atoms with van der Waals surface area (Å²) in [5, 5.41) is 0. The van der Waals surface area contributed by atoms with E-state index in [0.29, 0.717) is 0 Å². The quantitative estimate of drug-likeness (QED) is 0.578. The SMILES string of the molecule is CC1(C)Cc2cc(C(=O)c3ccccc3I)ccc2O1. The molecule has 2 aromatic rings. The molecule has 3 rings (SSSR count). The molecule has 0 amide bonds. The van der Waals surface area contributed by atoms with Crippen LogP contribution in [0.5, 0.6) is 5.75 Å². The molecular formula is C17H15IO2. The average molecular weight is 378 g/mol. The number of ether oxygens (including phenoxy) is 1. The van der Waals surface area contributed by atoms with Crippen molar-refractivity contribution in [3.8, 4) is 5.75 Å². The van der Waals surface area contributed by atoms with Gasteiger partial charge < -0.3 is 4.74 Å². The Balaban J connectivity index is 1.98. The Morgan fingerprint density at radius 3 is 2.70 bits per heavy atom. The van der Waals surface area contributed by atoms with Crippen molar-refractivity contribution in [3.63, 3.8) is 0 Å². The van der Waals surface area contributed by atoms with Crippen molar-refractivity contribution >= 4 is 28.4 Å². The Kier molecular flexibility index (Phi) is 3.32. The highest BCUT2D eigenvalue weighted by Gasteiger charge is 2.30. The van der Waals surface area contributed by atoms with Crippen molar-refractivity contribution in [1.29, 1.82) is 0 Å². The van der Waals surface area contributed by atoms with Gasteiger partial charge in [-0.15, -0.1) is 0 Å². The number of hydrogen-bond acceptors (Lipinski definition) is 2. The standard InChI is InChI=1S/C17H15IO2/c1-17(2)10-12-9-11(7-8-15(12)20-17)16(19)13-5-3-4-6-14(13)18/h3-9H,10H2,1-2H3. The summed E-state index contributed by atoms with van der Waals surface area (Å²) in [5.41, 5.74) is 2.43. The second-order valence-electron chi connectivity index (χ2n) is 5.67. The van der Waals surface area contributed by atoms with Crippen molar-refractivity contribution in [2.24, 2.45) is 0 Å². The molecule has 3 heteroatoms. The van der Waals surface area contributed by atoms with Crippen molar-refractivity contribution in [1.82, 2.24) is 0 Å². The minimum Gasteiger partial charge on any atom is -0.487 e. The molecular weight excluding hydrogens is 363 g/mol. The average Bonchev–Trinajstić information content (AvgIpc) is 2.71. The lowest BCUT2D eigenvalue weighted by molar-refractivity contribution is 0.103. The Morgan fingerprint density at radius 1 is 1.20 bits per heavy atom. The van der Waals surface area contributed by atoms with Gasteiger partial charge in [-0.2, -0.15) is 0 Å². The van der Waals surface area contributed by atoms with Crippen LogP contribution in [-0.2, 0) is 6.42 Å². The Labute approximate surface area is 132 Å². The minimum atomic E-state index is -0.175. The molecule has 0 unspecified atom stereocenters. The summed E-state index contributed by atoms with van der Waals surface area (Å²) in [5.74, 6) is 0.969. The number of rotatable bonds is 2. The fourth-order valence-corrected chi connectivity index (χ4v) is 3.18. The van der Waals surface area contributed by atoms with Gasteiger partial charge in [0.15, 0.2) is 5.78 Å². The van der Waals surface area contributed by atoms with E-state index >= 15 is 0 Å². The molecule has 1 aliphatic rings. The summed E-state index contributed by atoms with van der Waals surface area (Å²) in [6, 6.07) is 13.4. The molecule has 0 saturated heterocycles. The fourth-order valence-electron chi connectivity index (χ4n) is 2.55. The predicted octanol–water partition coefficient (Wildman–Crippen LogP) is 4.24. The van der Waals surface area contributed by atoms with E-state index in [-0.39, 0.29) is 11.4 Å². The molecule has 0 N–H and O–H groups in total. The molecule has 0 atom stereocenters. The highest BCUT2D eigenvalue weighted by atomic mass is 127. The molecule has 2 aromatic carbocycles. The molecule has 1 aliphatic heterocycles. The van der Waals surface area contributed by atoms with Gasteiger partial charge in [0, 0.05) is 21.1 Å². The van der Waals surface area contributed by atoms with Gasteiger partial charge in [-0.25, -0.2) is 0 Å². The summed E-state index contributed by atoms with van der Waals surface area (Å²) < 4.78 is 6.82. The Morgan fingerprint density at radius 2 is 1.95 bits per heavy atom. The Bertz CT molecular complexity index is 689. The highest BCUT2D eigenvalue weighted by Crippen LogP contribution is 2.35. The number of hydrogen-bond donors (Lipinski definition) is 0. The lowest BCUT2D eigenvalue weighted by atomic mass is 9.97. The maximum absolute atomic E-state index is 12.6. The molecule has 1 heterocycles. The molecule has 0 spiro atoms. The van der Waals surface area contributed by atoms with Crippen LogP contribution in [0.3, 0.4) is 0 Å². The first-order valence-corrected chi connectivity index (χ1v) is 7.65. The number of carbonyl (C=O) groups is 1. The van der Waals surface area contributed by atoms with Crippen LogP contribution in [0, 0.1) is 3.57 Å². The second-order valence-corrected chi connectivity index (χ2v) is 6.83. The first-order valence-electron chi connectivity index (χ1n) is 6.57. The fraction of sp³-hybridized carbons (Fsp3) is 0.235. The van der Waals surface area contributed by atoms with E-state index in [0.717, 1.165) is 32.4 Å². The number of ketones is 1. The maximum atomic E-state index is 12.6. The van der Waals surface area contributed by atoms with Crippen LogP contribution >= 0.6 is 22.6 Å². The van der Waals surface area contributed by atoms with Crippen LogP contribution < -0.4 is 4.74 Å². The molecule has 0 aliphatic carbocycles. The van der Waals surface area contributed by atoms with E-state index in [1.165, 1.54) is 0 Å². The van der Waals surface area contributed by atoms with Gasteiger partial charge >= 0.3 is 0 Å². The zero-order valence-electron chi connectivity index (χ0n) is 11.4. The van der Waals surface area contributed by atoms with Crippen LogP contribution in [0.2, 0.25) is 0 Å². The molecule has 2 nitrogen and oxygen atoms in total. The van der Waals surface area contributed by atoms with Crippen LogP contribution in [0.1, 0.15) is 35.3 Å². The van der Waals surface area contributed by atoms with Gasteiger partial charge in [-0.3, -0.25) is 4.79 Å². The third kappa shape index (κ3) is 2.46. The molecule has 102 valence electrons. The lowest BCUT2D eigenvalue weighted by Gasteiger charge is -2.16. The molecule has 0 fully saturated rings. The molecule has 0 bridgehead atoms. The third-order valence-electron chi connectivity index (χ3n) is 3.44. The predicted molar refractivity (Wildman–Crippen MR) is 87.4 cm³/mol. The Hall–Kier alpha value is -1.36. The summed E-state index contributed by atoms with van der Waals surface area (Å²) in [4.78, 5) is 12.6. The summed E-state index contributed by atoms with van der Waals surface area (Å²) in [7, 11) is 0. The molecule has 0 saturated carbocycles. The lowest BCUT2D eigenvalue weighted by Crippen LogP contribution is -2.24. The van der Waals surface area contributed by atoms with Crippen molar-refractivity contribution in [3.05, 3.63) is 62.7 Å². The van der Waals surface area contributed by atoms with Crippen LogP contribution in [0.4, 0.5) is 0 Å². The zero-order valence-corrected chi connectivity index (χ0v) is 13.6. The summed E-state index contributed by atoms with van der Waals surface area (Å²) >= 11 is 2.20. The van der Waals surface area contributed by atoms with E-state index < -0.39 is 0 Å². The van der Waals surface area contributed by atoms with Gasteiger partial charge in [0.05, 0.1) is 0 Å². The maximum Gasteiger partial charge on any atom is 0.194 e. The number of halogens is 1. The first kappa shape index (κ1) is 13.6. The molecule has 0 radical (unpaired) electrons. The smallest absolute Gasteiger partial charge is 0.194 e. The first-order chi connectivity index (χ1) is 9.46. The van der Waals surface area contributed by atoms with E-state index in [2.05, 4.69) is 36.4 Å². The molecule has 0 aromatic heterocycles. The summed E-state index contributed by atoms with van der Waals surface area (Å²) in [6.07, 6.45) is 0.843. The number of benzene rings is 2. The van der Waals surface area contributed by atoms with Gasteiger partial charge in [0.25, 0.3) is 0 Å². The van der Waals surface area contributed by atoms with Crippen molar-refractivity contribution in [2.75, 3.05) is 0 Å². The topological polar surface area (TPSA) is 26.3 Å². The van der Waals surface area contributed by atoms with Crippen LogP contribution in [0.15, 0.2) is 42.5 Å². The van der Waals surface area contributed by atoms with Gasteiger partial charge in [0.1, 0.15) is 11.4 Å². The summed E-state index contributed by atoms with van der Waals surface area (Å²) in [6.45, 7) is 4.13. The van der Waals surface area contributed by atoms with E-state index in [4.69, 9.17) is 4.74 Å². The minimum absolute atomic E-state index is 0.0718. The van der Waals surface area contributed by atoms with Crippen molar-refractivity contribution < 1.29 is 9.53 Å². The normalized spacial score (nSPS) is 15.6. The van der Waals surface area contributed by atoms with Crippen molar-refractivity contribution in [2.45, 2.75) is 25.9 Å². The van der Waals surface area contributed by atoms with Crippen LogP contribution in [0.25, 0.3) is 0 Å². The van der Waals surface area contributed by atoms with Gasteiger partial charge in [-0.1, -0.05) is 12.1 Å². The van der Waals surface area contributed by atoms with Gasteiger partial charge in [0.2, 0.25) is 0 Å². The van der Waals surface area contributed by atoms with Gasteiger partial charge in [-0.05, 0) is 72.3 Å². The molecule has 20 heavy (non-hydrogen) atoms.